The van der Waals surface area contributed by atoms with Crippen LogP contribution in [-0.4, -0.2) is 25.2 Å². The van der Waals surface area contributed by atoms with E-state index in [1.165, 1.54) is 12.8 Å². The number of benzene rings is 1. The molecule has 0 radical (unpaired) electrons. The molecule has 1 aliphatic carbocycles. The van der Waals surface area contributed by atoms with E-state index in [-0.39, 0.29) is 5.91 Å². The number of nitrogens with one attached hydrogen (secondary N) is 1. The van der Waals surface area contributed by atoms with Crippen LogP contribution in [0.4, 0.5) is 0 Å². The van der Waals surface area contributed by atoms with Crippen LogP contribution < -0.4 is 14.8 Å². The first-order valence-electron chi connectivity index (χ1n) is 8.90. The molecule has 1 aromatic rings. The molecule has 1 amide bonds. The summed E-state index contributed by atoms with van der Waals surface area (Å²) in [5, 5.41) is 3.17. The highest BCUT2D eigenvalue weighted by atomic mass is 79.9. The molecule has 5 heteroatoms. The van der Waals surface area contributed by atoms with E-state index in [0.717, 1.165) is 28.8 Å². The number of hydrogen-bond acceptors (Lipinski definition) is 3. The van der Waals surface area contributed by atoms with Gasteiger partial charge in [0.1, 0.15) is 0 Å². The molecule has 1 saturated carbocycles. The highest BCUT2D eigenvalue weighted by molar-refractivity contribution is 9.10. The van der Waals surface area contributed by atoms with E-state index in [1.807, 2.05) is 26.0 Å². The van der Waals surface area contributed by atoms with Crippen LogP contribution in [-0.2, 0) is 11.2 Å². The molecular formula is C19H28BrNO3. The second-order valence-corrected chi connectivity index (χ2v) is 7.31. The number of carbonyl (C=O) groups excluding carboxylic acids is 1. The molecule has 0 unspecified atom stereocenters. The predicted molar refractivity (Wildman–Crippen MR) is 99.7 cm³/mol. The van der Waals surface area contributed by atoms with Crippen molar-refractivity contribution < 1.29 is 14.3 Å². The topological polar surface area (TPSA) is 47.6 Å². The molecule has 0 aromatic heterocycles. The monoisotopic (exact) mass is 397 g/mol. The first kappa shape index (κ1) is 19.1. The molecular weight excluding hydrogens is 370 g/mol. The zero-order valence-corrected chi connectivity index (χ0v) is 16.4. The van der Waals surface area contributed by atoms with Crippen LogP contribution >= 0.6 is 15.9 Å². The summed E-state index contributed by atoms with van der Waals surface area (Å²) in [6.45, 7) is 7.30. The predicted octanol–water partition coefficient (Wildman–Crippen LogP) is 4.48. The molecule has 0 spiro atoms. The first-order chi connectivity index (χ1) is 11.5. The molecule has 2 rings (SSSR count). The van der Waals surface area contributed by atoms with Gasteiger partial charge in [0.15, 0.2) is 11.5 Å². The molecule has 1 fully saturated rings. The number of ether oxygens (including phenoxy) is 2. The Labute approximate surface area is 153 Å². The summed E-state index contributed by atoms with van der Waals surface area (Å²) in [5.41, 5.74) is 0.920. The number of hydrogen-bond donors (Lipinski definition) is 1. The van der Waals surface area contributed by atoms with Crippen molar-refractivity contribution in [2.75, 3.05) is 13.2 Å². The third-order valence-corrected chi connectivity index (χ3v) is 5.18. The van der Waals surface area contributed by atoms with Crippen LogP contribution in [0.1, 0.15) is 52.0 Å². The third-order valence-electron chi connectivity index (χ3n) is 4.44. The second-order valence-electron chi connectivity index (χ2n) is 6.46. The summed E-state index contributed by atoms with van der Waals surface area (Å²) in [4.78, 5) is 12.4. The molecule has 24 heavy (non-hydrogen) atoms. The fourth-order valence-electron chi connectivity index (χ4n) is 3.11. The van der Waals surface area contributed by atoms with Crippen molar-refractivity contribution in [3.05, 3.63) is 22.2 Å². The lowest BCUT2D eigenvalue weighted by Crippen LogP contribution is -2.38. The van der Waals surface area contributed by atoms with Crippen LogP contribution in [0.25, 0.3) is 0 Å². The van der Waals surface area contributed by atoms with E-state index in [4.69, 9.17) is 9.47 Å². The Morgan fingerprint density at radius 3 is 2.29 bits per heavy atom. The smallest absolute Gasteiger partial charge is 0.224 e. The minimum Gasteiger partial charge on any atom is -0.490 e. The average Bonchev–Trinajstić information content (AvgIpc) is 2.54. The summed E-state index contributed by atoms with van der Waals surface area (Å²) < 4.78 is 12.1. The van der Waals surface area contributed by atoms with Crippen LogP contribution in [0, 0.1) is 5.92 Å². The maximum atomic E-state index is 12.4. The molecule has 0 heterocycles. The van der Waals surface area contributed by atoms with Gasteiger partial charge in [-0.2, -0.15) is 0 Å². The highest BCUT2D eigenvalue weighted by Crippen LogP contribution is 2.34. The van der Waals surface area contributed by atoms with Gasteiger partial charge in [-0.05, 0) is 63.1 Å². The van der Waals surface area contributed by atoms with Crippen molar-refractivity contribution >= 4 is 21.8 Å². The third kappa shape index (κ3) is 5.40. The molecule has 1 aliphatic rings. The van der Waals surface area contributed by atoms with Gasteiger partial charge in [-0.3, -0.25) is 4.79 Å². The van der Waals surface area contributed by atoms with Gasteiger partial charge in [-0.15, -0.1) is 0 Å². The standard InChI is InChI=1S/C19H28BrNO3/c1-4-23-17-10-14(16(20)12-18(17)24-5-2)11-19(22)21-15-8-6-13(3)7-9-15/h10,12-13,15H,4-9,11H2,1-3H3,(H,21,22). The van der Waals surface area contributed by atoms with Crippen LogP contribution in [0.3, 0.4) is 0 Å². The van der Waals surface area contributed by atoms with Crippen molar-refractivity contribution in [3.63, 3.8) is 0 Å². The number of halogens is 1. The maximum absolute atomic E-state index is 12.4. The van der Waals surface area contributed by atoms with E-state index >= 15 is 0 Å². The molecule has 0 aliphatic heterocycles. The van der Waals surface area contributed by atoms with Crippen LogP contribution in [0.15, 0.2) is 16.6 Å². The van der Waals surface area contributed by atoms with Gasteiger partial charge in [-0.25, -0.2) is 0 Å². The zero-order chi connectivity index (χ0) is 17.5. The van der Waals surface area contributed by atoms with Gasteiger partial charge in [0.05, 0.1) is 19.6 Å². The van der Waals surface area contributed by atoms with Crippen molar-refractivity contribution in [1.82, 2.24) is 5.32 Å². The Bertz CT molecular complexity index is 554. The Morgan fingerprint density at radius 2 is 1.71 bits per heavy atom. The van der Waals surface area contributed by atoms with E-state index in [0.29, 0.717) is 37.2 Å². The van der Waals surface area contributed by atoms with E-state index < -0.39 is 0 Å². The number of amides is 1. The van der Waals surface area contributed by atoms with Crippen molar-refractivity contribution in [3.8, 4) is 11.5 Å². The van der Waals surface area contributed by atoms with Crippen LogP contribution in [0.5, 0.6) is 11.5 Å². The Balaban J connectivity index is 2.02. The Morgan fingerprint density at radius 1 is 1.12 bits per heavy atom. The van der Waals surface area contributed by atoms with Gasteiger partial charge in [-0.1, -0.05) is 22.9 Å². The van der Waals surface area contributed by atoms with E-state index in [1.54, 1.807) is 0 Å². The summed E-state index contributed by atoms with van der Waals surface area (Å²) >= 11 is 3.55. The summed E-state index contributed by atoms with van der Waals surface area (Å²) in [5.74, 6) is 2.25. The van der Waals surface area contributed by atoms with Gasteiger partial charge in [0.2, 0.25) is 5.91 Å². The van der Waals surface area contributed by atoms with E-state index in [9.17, 15) is 4.79 Å². The second kappa shape index (κ2) is 9.30. The highest BCUT2D eigenvalue weighted by Gasteiger charge is 2.20. The Hall–Kier alpha value is -1.23. The quantitative estimate of drug-likeness (QED) is 0.737. The lowest BCUT2D eigenvalue weighted by molar-refractivity contribution is -0.121. The van der Waals surface area contributed by atoms with Gasteiger partial charge in [0.25, 0.3) is 0 Å². The lowest BCUT2D eigenvalue weighted by Gasteiger charge is -2.27. The average molecular weight is 398 g/mol. The normalized spacial score (nSPS) is 20.5. The number of carbonyl (C=O) groups is 1. The molecule has 134 valence electrons. The van der Waals surface area contributed by atoms with E-state index in [2.05, 4.69) is 28.2 Å². The summed E-state index contributed by atoms with van der Waals surface area (Å²) in [6.07, 6.45) is 4.92. The number of rotatable bonds is 7. The molecule has 0 atom stereocenters. The largest absolute Gasteiger partial charge is 0.490 e. The van der Waals surface area contributed by atoms with Gasteiger partial charge < -0.3 is 14.8 Å². The Kier molecular flexibility index (Phi) is 7.40. The summed E-state index contributed by atoms with van der Waals surface area (Å²) in [6, 6.07) is 4.11. The molecule has 0 bridgehead atoms. The van der Waals surface area contributed by atoms with Crippen LogP contribution in [0.2, 0.25) is 0 Å². The zero-order valence-electron chi connectivity index (χ0n) is 14.9. The lowest BCUT2D eigenvalue weighted by atomic mass is 9.87. The fourth-order valence-corrected chi connectivity index (χ4v) is 3.57. The van der Waals surface area contributed by atoms with Crippen molar-refractivity contribution in [1.29, 1.82) is 0 Å². The minimum absolute atomic E-state index is 0.0712. The van der Waals surface area contributed by atoms with Crippen molar-refractivity contribution in [2.24, 2.45) is 5.92 Å². The van der Waals surface area contributed by atoms with Gasteiger partial charge >= 0.3 is 0 Å². The maximum Gasteiger partial charge on any atom is 0.224 e. The molecule has 4 nitrogen and oxygen atoms in total. The fraction of sp³-hybridized carbons (Fsp3) is 0.632. The molecule has 0 saturated heterocycles. The molecule has 1 aromatic carbocycles. The minimum atomic E-state index is 0.0712. The summed E-state index contributed by atoms with van der Waals surface area (Å²) in [7, 11) is 0. The SMILES string of the molecule is CCOc1cc(Br)c(CC(=O)NC2CCC(C)CC2)cc1OCC. The molecule has 1 N–H and O–H groups in total. The first-order valence-corrected chi connectivity index (χ1v) is 9.70. The van der Waals surface area contributed by atoms with Gasteiger partial charge in [0, 0.05) is 10.5 Å². The van der Waals surface area contributed by atoms with Crippen molar-refractivity contribution in [2.45, 2.75) is 58.9 Å².